The molecule has 0 aromatic heterocycles. The lowest BCUT2D eigenvalue weighted by Crippen LogP contribution is -2.27. The monoisotopic (exact) mass is 257 g/mol. The molecule has 0 aliphatic carbocycles. The largest absolute Gasteiger partial charge is 0.347 e. The smallest absolute Gasteiger partial charge is 0.251 e. The summed E-state index contributed by atoms with van der Waals surface area (Å²) < 4.78 is 13.4. The average Bonchev–Trinajstić information content (AvgIpc) is 2.27. The van der Waals surface area contributed by atoms with Crippen molar-refractivity contribution in [3.05, 3.63) is 35.6 Å². The van der Waals surface area contributed by atoms with E-state index in [1.807, 2.05) is 6.92 Å². The van der Waals surface area contributed by atoms with Gasteiger partial charge in [0.2, 0.25) is 0 Å². The van der Waals surface area contributed by atoms with E-state index < -0.39 is 0 Å². The van der Waals surface area contributed by atoms with Crippen molar-refractivity contribution in [2.45, 2.75) is 6.92 Å². The lowest BCUT2D eigenvalue weighted by atomic mass is 10.2. The van der Waals surface area contributed by atoms with Crippen molar-refractivity contribution in [2.24, 2.45) is 0 Å². The molecule has 0 fully saturated rings. The van der Waals surface area contributed by atoms with Crippen LogP contribution in [-0.4, -0.2) is 22.4 Å². The number of hydrogen-bond donors (Lipinski definition) is 1. The Kier molecular flexibility index (Phi) is 5.42. The van der Waals surface area contributed by atoms with Gasteiger partial charge in [0.05, 0.1) is 10.7 Å². The van der Waals surface area contributed by atoms with Crippen LogP contribution in [0.5, 0.6) is 0 Å². The first-order valence-corrected chi connectivity index (χ1v) is 6.22. The number of halogens is 1. The topological polar surface area (TPSA) is 29.1 Å². The first kappa shape index (κ1) is 13.1. The van der Waals surface area contributed by atoms with E-state index in [1.165, 1.54) is 36.0 Å². The quantitative estimate of drug-likeness (QED) is 0.841. The summed E-state index contributed by atoms with van der Waals surface area (Å²) in [5, 5.41) is 2.68. The van der Waals surface area contributed by atoms with Crippen LogP contribution in [0.15, 0.2) is 24.3 Å². The highest BCUT2D eigenvalue weighted by Gasteiger charge is 2.05. The van der Waals surface area contributed by atoms with Gasteiger partial charge < -0.3 is 5.32 Å². The van der Waals surface area contributed by atoms with E-state index in [0.717, 1.165) is 9.95 Å². The van der Waals surface area contributed by atoms with Gasteiger partial charge in [0.25, 0.3) is 5.91 Å². The van der Waals surface area contributed by atoms with Gasteiger partial charge in [-0.15, -0.1) is 11.8 Å². The van der Waals surface area contributed by atoms with E-state index in [0.29, 0.717) is 12.1 Å². The summed E-state index contributed by atoms with van der Waals surface area (Å²) in [4.78, 5) is 11.6. The molecule has 1 aromatic carbocycles. The fourth-order valence-corrected chi connectivity index (χ4v) is 1.99. The zero-order chi connectivity index (χ0) is 12.0. The molecule has 0 bridgehead atoms. The minimum atomic E-state index is -0.353. The molecule has 0 unspecified atom stereocenters. The van der Waals surface area contributed by atoms with Crippen LogP contribution in [0.3, 0.4) is 0 Å². The van der Waals surface area contributed by atoms with Gasteiger partial charge in [-0.25, -0.2) is 4.39 Å². The van der Waals surface area contributed by atoms with E-state index in [1.54, 1.807) is 0 Å². The standard InChI is InChI=1S/C11H12FNOS2/c1-2-16-10(15)7-13-11(14)8-3-5-9(12)6-4-8/h3-6H,2,7H2,1H3,(H,13,14). The maximum absolute atomic E-state index is 12.6. The van der Waals surface area contributed by atoms with Gasteiger partial charge in [0.1, 0.15) is 5.82 Å². The molecule has 1 N–H and O–H groups in total. The molecule has 0 heterocycles. The van der Waals surface area contributed by atoms with Crippen LogP contribution < -0.4 is 5.32 Å². The molecule has 16 heavy (non-hydrogen) atoms. The van der Waals surface area contributed by atoms with Crippen molar-refractivity contribution in [1.82, 2.24) is 5.32 Å². The number of thiocarbonyl (C=S) groups is 1. The Morgan fingerprint density at radius 3 is 2.62 bits per heavy atom. The van der Waals surface area contributed by atoms with Crippen molar-refractivity contribution in [3.63, 3.8) is 0 Å². The van der Waals surface area contributed by atoms with E-state index in [4.69, 9.17) is 12.2 Å². The van der Waals surface area contributed by atoms with Crippen molar-refractivity contribution in [2.75, 3.05) is 12.3 Å². The van der Waals surface area contributed by atoms with Gasteiger partial charge in [0.15, 0.2) is 0 Å². The van der Waals surface area contributed by atoms with Crippen LogP contribution >= 0.6 is 24.0 Å². The fraction of sp³-hybridized carbons (Fsp3) is 0.273. The van der Waals surface area contributed by atoms with Crippen molar-refractivity contribution >= 4 is 34.1 Å². The van der Waals surface area contributed by atoms with Crippen LogP contribution in [0.1, 0.15) is 17.3 Å². The van der Waals surface area contributed by atoms with E-state index in [-0.39, 0.29) is 11.7 Å². The highest BCUT2D eigenvalue weighted by Crippen LogP contribution is 2.04. The summed E-state index contributed by atoms with van der Waals surface area (Å²) >= 11 is 6.56. The third-order valence-electron chi connectivity index (χ3n) is 1.81. The average molecular weight is 257 g/mol. The van der Waals surface area contributed by atoms with Gasteiger partial charge in [-0.2, -0.15) is 0 Å². The maximum atomic E-state index is 12.6. The number of carbonyl (C=O) groups is 1. The Bertz CT molecular complexity index is 378. The first-order chi connectivity index (χ1) is 7.63. The van der Waals surface area contributed by atoms with Crippen LogP contribution in [0.25, 0.3) is 0 Å². The number of rotatable bonds is 4. The molecule has 0 spiro atoms. The molecule has 86 valence electrons. The summed E-state index contributed by atoms with van der Waals surface area (Å²) in [5.74, 6) is 0.304. The Balaban J connectivity index is 2.47. The van der Waals surface area contributed by atoms with Crippen LogP contribution in [0.4, 0.5) is 4.39 Å². The lowest BCUT2D eigenvalue weighted by Gasteiger charge is -2.05. The fourth-order valence-electron chi connectivity index (χ4n) is 1.07. The molecule has 0 radical (unpaired) electrons. The van der Waals surface area contributed by atoms with Crippen molar-refractivity contribution < 1.29 is 9.18 Å². The Morgan fingerprint density at radius 1 is 1.44 bits per heavy atom. The van der Waals surface area contributed by atoms with Crippen molar-refractivity contribution in [3.8, 4) is 0 Å². The summed E-state index contributed by atoms with van der Waals surface area (Å²) in [6, 6.07) is 5.41. The van der Waals surface area contributed by atoms with Crippen molar-refractivity contribution in [1.29, 1.82) is 0 Å². The van der Waals surface area contributed by atoms with Gasteiger partial charge in [0, 0.05) is 5.56 Å². The molecule has 0 saturated carbocycles. The van der Waals surface area contributed by atoms with Crippen LogP contribution in [-0.2, 0) is 0 Å². The van der Waals surface area contributed by atoms with Gasteiger partial charge in [-0.3, -0.25) is 4.79 Å². The SMILES string of the molecule is CCSC(=S)CNC(=O)c1ccc(F)cc1. The summed E-state index contributed by atoms with van der Waals surface area (Å²) in [6.07, 6.45) is 0. The normalized spacial score (nSPS) is 9.88. The lowest BCUT2D eigenvalue weighted by molar-refractivity contribution is 0.0959. The molecule has 1 aromatic rings. The minimum absolute atomic E-state index is 0.237. The molecule has 5 heteroatoms. The second kappa shape index (κ2) is 6.60. The second-order valence-corrected chi connectivity index (χ2v) is 5.10. The number of amides is 1. The van der Waals surface area contributed by atoms with E-state index in [2.05, 4.69) is 5.32 Å². The molecule has 0 aliphatic heterocycles. The predicted octanol–water partition coefficient (Wildman–Crippen LogP) is 2.64. The molecule has 2 nitrogen and oxygen atoms in total. The number of benzene rings is 1. The van der Waals surface area contributed by atoms with Crippen LogP contribution in [0, 0.1) is 5.82 Å². The Morgan fingerprint density at radius 2 is 2.06 bits per heavy atom. The summed E-state index contributed by atoms with van der Waals surface area (Å²) in [7, 11) is 0. The Labute approximate surface area is 104 Å². The highest BCUT2D eigenvalue weighted by molar-refractivity contribution is 8.23. The Hall–Kier alpha value is -0.940. The summed E-state index contributed by atoms with van der Waals surface area (Å²) in [5.41, 5.74) is 0.436. The molecule has 1 rings (SSSR count). The third-order valence-corrected chi connectivity index (χ3v) is 3.06. The first-order valence-electron chi connectivity index (χ1n) is 4.83. The third kappa shape index (κ3) is 4.28. The minimum Gasteiger partial charge on any atom is -0.347 e. The highest BCUT2D eigenvalue weighted by atomic mass is 32.2. The summed E-state index contributed by atoms with van der Waals surface area (Å²) in [6.45, 7) is 2.36. The number of hydrogen-bond acceptors (Lipinski definition) is 3. The molecule has 0 saturated heterocycles. The number of thioether (sulfide) groups is 1. The maximum Gasteiger partial charge on any atom is 0.251 e. The molecule has 0 aliphatic rings. The molecular weight excluding hydrogens is 245 g/mol. The molecule has 0 atom stereocenters. The van der Waals surface area contributed by atoms with E-state index in [9.17, 15) is 9.18 Å². The molecule has 1 amide bonds. The number of carbonyl (C=O) groups excluding carboxylic acids is 1. The zero-order valence-electron chi connectivity index (χ0n) is 8.83. The zero-order valence-corrected chi connectivity index (χ0v) is 10.5. The second-order valence-electron chi connectivity index (χ2n) is 2.99. The van der Waals surface area contributed by atoms with Gasteiger partial charge >= 0.3 is 0 Å². The predicted molar refractivity (Wildman–Crippen MR) is 69.5 cm³/mol. The van der Waals surface area contributed by atoms with E-state index >= 15 is 0 Å². The van der Waals surface area contributed by atoms with Crippen LogP contribution in [0.2, 0.25) is 0 Å². The van der Waals surface area contributed by atoms with Gasteiger partial charge in [-0.05, 0) is 30.0 Å². The molecular formula is C11H12FNOS2. The number of nitrogens with one attached hydrogen (secondary N) is 1. The van der Waals surface area contributed by atoms with Gasteiger partial charge in [-0.1, -0.05) is 19.1 Å².